The van der Waals surface area contributed by atoms with Crippen LogP contribution in [-0.4, -0.2) is 35.1 Å². The number of primary sulfonamides is 1. The van der Waals surface area contributed by atoms with Gasteiger partial charge in [-0.05, 0) is 49.4 Å². The van der Waals surface area contributed by atoms with Crippen LogP contribution >= 0.6 is 0 Å². The highest BCUT2D eigenvalue weighted by atomic mass is 32.2. The Kier molecular flexibility index (Phi) is 5.69. The van der Waals surface area contributed by atoms with E-state index in [0.29, 0.717) is 5.75 Å². The van der Waals surface area contributed by atoms with E-state index in [1.54, 1.807) is 0 Å². The number of amides is 1. The zero-order chi connectivity index (χ0) is 19.5. The molecule has 0 heterocycles. The number of sulfonamides is 1. The Hall–Kier alpha value is -2.43. The summed E-state index contributed by atoms with van der Waals surface area (Å²) < 4.78 is 51.0. The number of anilines is 1. The van der Waals surface area contributed by atoms with Crippen LogP contribution in [0.2, 0.25) is 0 Å². The molecule has 0 fully saturated rings. The number of ether oxygens (including phenoxy) is 1. The topological polar surface area (TPSA) is 133 Å². The maximum atomic E-state index is 12.2. The van der Waals surface area contributed by atoms with Crippen molar-refractivity contribution in [2.75, 3.05) is 11.6 Å². The van der Waals surface area contributed by atoms with Gasteiger partial charge in [0.25, 0.3) is 5.91 Å². The summed E-state index contributed by atoms with van der Waals surface area (Å²) in [5, 5.41) is 7.58. The summed E-state index contributed by atoms with van der Waals surface area (Å²) in [6.07, 6.45) is 0.187. The number of nitrogens with two attached hydrogens (primary N) is 1. The predicted octanol–water partition coefficient (Wildman–Crippen LogP) is 1.14. The van der Waals surface area contributed by atoms with Crippen molar-refractivity contribution >= 4 is 31.5 Å². The zero-order valence-corrected chi connectivity index (χ0v) is 15.7. The monoisotopic (exact) mass is 398 g/mol. The van der Waals surface area contributed by atoms with Crippen molar-refractivity contribution in [3.63, 3.8) is 0 Å². The quantitative estimate of drug-likeness (QED) is 0.750. The van der Waals surface area contributed by atoms with E-state index in [4.69, 9.17) is 9.88 Å². The second-order valence-electron chi connectivity index (χ2n) is 5.57. The van der Waals surface area contributed by atoms with E-state index in [1.807, 2.05) is 0 Å². The number of sulfone groups is 1. The molecule has 0 saturated heterocycles. The average molecular weight is 398 g/mol. The SMILES string of the molecule is CC(Oc1ccc(S(C)(=O)=O)cc1)C(=O)Nc1cccc(S(N)(=O)=O)c1. The molecule has 0 spiro atoms. The zero-order valence-electron chi connectivity index (χ0n) is 14.0. The minimum absolute atomic E-state index is 0.125. The normalized spacial score (nSPS) is 13.0. The van der Waals surface area contributed by atoms with Gasteiger partial charge in [0.05, 0.1) is 9.79 Å². The lowest BCUT2D eigenvalue weighted by atomic mass is 10.3. The van der Waals surface area contributed by atoms with Crippen LogP contribution in [0, 0.1) is 0 Å². The van der Waals surface area contributed by atoms with Crippen molar-refractivity contribution in [1.29, 1.82) is 0 Å². The van der Waals surface area contributed by atoms with Crippen LogP contribution in [-0.2, 0) is 24.7 Å². The highest BCUT2D eigenvalue weighted by Gasteiger charge is 2.16. The van der Waals surface area contributed by atoms with Gasteiger partial charge in [-0.3, -0.25) is 4.79 Å². The van der Waals surface area contributed by atoms with Crippen LogP contribution in [0.4, 0.5) is 5.69 Å². The largest absolute Gasteiger partial charge is 0.481 e. The molecule has 2 rings (SSSR count). The van der Waals surface area contributed by atoms with Crippen molar-refractivity contribution in [2.24, 2.45) is 5.14 Å². The fourth-order valence-electron chi connectivity index (χ4n) is 2.02. The summed E-state index contributed by atoms with van der Waals surface area (Å²) in [6.45, 7) is 1.50. The lowest BCUT2D eigenvalue weighted by Gasteiger charge is -2.15. The Morgan fingerprint density at radius 2 is 1.65 bits per heavy atom. The average Bonchev–Trinajstić information content (AvgIpc) is 2.54. The van der Waals surface area contributed by atoms with Crippen molar-refractivity contribution in [2.45, 2.75) is 22.8 Å². The third kappa shape index (κ3) is 5.28. The van der Waals surface area contributed by atoms with Crippen molar-refractivity contribution in [1.82, 2.24) is 0 Å². The second-order valence-corrected chi connectivity index (χ2v) is 9.14. The molecule has 0 radical (unpaired) electrons. The van der Waals surface area contributed by atoms with E-state index in [0.717, 1.165) is 6.26 Å². The number of carbonyl (C=O) groups is 1. The molecule has 1 amide bonds. The van der Waals surface area contributed by atoms with Crippen LogP contribution < -0.4 is 15.2 Å². The molecule has 0 saturated carbocycles. The van der Waals surface area contributed by atoms with Gasteiger partial charge in [0.2, 0.25) is 10.0 Å². The first-order valence-corrected chi connectivity index (χ1v) is 10.8. The first kappa shape index (κ1) is 19.9. The van der Waals surface area contributed by atoms with Gasteiger partial charge in [-0.2, -0.15) is 0 Å². The third-order valence-corrected chi connectivity index (χ3v) is 5.40. The maximum Gasteiger partial charge on any atom is 0.265 e. The molecule has 1 atom stereocenters. The van der Waals surface area contributed by atoms with Gasteiger partial charge in [0.1, 0.15) is 5.75 Å². The maximum absolute atomic E-state index is 12.2. The highest BCUT2D eigenvalue weighted by molar-refractivity contribution is 7.90. The van der Waals surface area contributed by atoms with Gasteiger partial charge < -0.3 is 10.1 Å². The lowest BCUT2D eigenvalue weighted by Crippen LogP contribution is -2.30. The number of rotatable bonds is 6. The molecule has 2 aromatic carbocycles. The summed E-state index contributed by atoms with van der Waals surface area (Å²) in [7, 11) is -7.19. The Labute approximate surface area is 151 Å². The summed E-state index contributed by atoms with van der Waals surface area (Å²) in [6, 6.07) is 11.2. The Morgan fingerprint density at radius 3 is 2.19 bits per heavy atom. The summed E-state index contributed by atoms with van der Waals surface area (Å²) in [5.74, 6) is -0.193. The van der Waals surface area contributed by atoms with Gasteiger partial charge >= 0.3 is 0 Å². The summed E-state index contributed by atoms with van der Waals surface area (Å²) in [5.41, 5.74) is 0.254. The lowest BCUT2D eigenvalue weighted by molar-refractivity contribution is -0.122. The molecular formula is C16H18N2O6S2. The standard InChI is InChI=1S/C16H18N2O6S2/c1-11(24-13-6-8-14(9-7-13)25(2,20)21)16(19)18-12-4-3-5-15(10-12)26(17,22)23/h3-11H,1-2H3,(H,18,19)(H2,17,22,23). The van der Waals surface area contributed by atoms with E-state index < -0.39 is 31.9 Å². The van der Waals surface area contributed by atoms with Crippen molar-refractivity contribution < 1.29 is 26.4 Å². The van der Waals surface area contributed by atoms with E-state index in [-0.39, 0.29) is 15.5 Å². The molecule has 10 heteroatoms. The third-order valence-electron chi connectivity index (χ3n) is 3.36. The van der Waals surface area contributed by atoms with E-state index >= 15 is 0 Å². The van der Waals surface area contributed by atoms with Crippen LogP contribution in [0.25, 0.3) is 0 Å². The number of hydrogen-bond acceptors (Lipinski definition) is 6. The molecule has 26 heavy (non-hydrogen) atoms. The van der Waals surface area contributed by atoms with Crippen molar-refractivity contribution in [3.05, 3.63) is 48.5 Å². The fourth-order valence-corrected chi connectivity index (χ4v) is 3.21. The van der Waals surface area contributed by atoms with E-state index in [2.05, 4.69) is 5.32 Å². The van der Waals surface area contributed by atoms with Gasteiger partial charge in [-0.15, -0.1) is 0 Å². The molecule has 0 aliphatic rings. The number of hydrogen-bond donors (Lipinski definition) is 2. The minimum atomic E-state index is -3.88. The van der Waals surface area contributed by atoms with Crippen LogP contribution in [0.5, 0.6) is 5.75 Å². The van der Waals surface area contributed by atoms with Gasteiger partial charge in [0, 0.05) is 11.9 Å². The number of carbonyl (C=O) groups excluding carboxylic acids is 1. The van der Waals surface area contributed by atoms with Crippen LogP contribution in [0.1, 0.15) is 6.92 Å². The predicted molar refractivity (Wildman–Crippen MR) is 96.1 cm³/mol. The molecule has 0 aliphatic carbocycles. The first-order valence-electron chi connectivity index (χ1n) is 7.37. The van der Waals surface area contributed by atoms with E-state index in [9.17, 15) is 21.6 Å². The molecule has 0 aliphatic heterocycles. The molecule has 0 bridgehead atoms. The first-order chi connectivity index (χ1) is 12.0. The van der Waals surface area contributed by atoms with Crippen LogP contribution in [0.3, 0.4) is 0 Å². The Bertz CT molecular complexity index is 1010. The van der Waals surface area contributed by atoms with Crippen molar-refractivity contribution in [3.8, 4) is 5.75 Å². The van der Waals surface area contributed by atoms with Gasteiger partial charge in [0.15, 0.2) is 15.9 Å². The van der Waals surface area contributed by atoms with Crippen LogP contribution in [0.15, 0.2) is 58.3 Å². The minimum Gasteiger partial charge on any atom is -0.481 e. The Morgan fingerprint density at radius 1 is 1.04 bits per heavy atom. The fraction of sp³-hybridized carbons (Fsp3) is 0.188. The molecule has 3 N–H and O–H groups in total. The molecule has 0 aromatic heterocycles. The number of nitrogens with one attached hydrogen (secondary N) is 1. The molecule has 2 aromatic rings. The number of benzene rings is 2. The second kappa shape index (κ2) is 7.44. The molecule has 8 nitrogen and oxygen atoms in total. The molecule has 1 unspecified atom stereocenters. The molecule has 140 valence electrons. The summed E-state index contributed by atoms with van der Waals surface area (Å²) in [4.78, 5) is 12.2. The van der Waals surface area contributed by atoms with Gasteiger partial charge in [-0.25, -0.2) is 22.0 Å². The van der Waals surface area contributed by atoms with E-state index in [1.165, 1.54) is 55.5 Å². The smallest absolute Gasteiger partial charge is 0.265 e. The molecular weight excluding hydrogens is 380 g/mol. The Balaban J connectivity index is 2.06. The highest BCUT2D eigenvalue weighted by Crippen LogP contribution is 2.18. The van der Waals surface area contributed by atoms with Gasteiger partial charge in [-0.1, -0.05) is 6.07 Å². The summed E-state index contributed by atoms with van der Waals surface area (Å²) >= 11 is 0.